The standard InChI is InChI=1S/C18H18O2/c1-13-7-9-17(14(2)11-13)18(19)10-8-15-5-4-6-16(12-15)20-3/h4-12H,1-3H3/b10-8+. The SMILES string of the molecule is COc1cccc(/C=C/C(=O)c2ccc(C)cc2C)c1. The van der Waals surface area contributed by atoms with E-state index in [9.17, 15) is 4.79 Å². The first kappa shape index (κ1) is 14.1. The van der Waals surface area contributed by atoms with Crippen LogP contribution in [0, 0.1) is 13.8 Å². The zero-order chi connectivity index (χ0) is 14.5. The van der Waals surface area contributed by atoms with Gasteiger partial charge in [-0.3, -0.25) is 4.79 Å². The van der Waals surface area contributed by atoms with Crippen LogP contribution in [0.15, 0.2) is 48.5 Å². The van der Waals surface area contributed by atoms with Gasteiger partial charge in [-0.05, 0) is 43.2 Å². The Morgan fingerprint density at radius 1 is 1.10 bits per heavy atom. The van der Waals surface area contributed by atoms with Crippen molar-refractivity contribution in [2.24, 2.45) is 0 Å². The highest BCUT2D eigenvalue weighted by molar-refractivity contribution is 6.07. The number of hydrogen-bond donors (Lipinski definition) is 0. The smallest absolute Gasteiger partial charge is 0.186 e. The lowest BCUT2D eigenvalue weighted by molar-refractivity contribution is 0.104. The van der Waals surface area contributed by atoms with Gasteiger partial charge in [0.05, 0.1) is 7.11 Å². The van der Waals surface area contributed by atoms with E-state index in [-0.39, 0.29) is 5.78 Å². The van der Waals surface area contributed by atoms with E-state index in [0.29, 0.717) is 0 Å². The van der Waals surface area contributed by atoms with Gasteiger partial charge in [-0.2, -0.15) is 0 Å². The molecule has 0 saturated heterocycles. The number of allylic oxidation sites excluding steroid dienone is 1. The van der Waals surface area contributed by atoms with Crippen molar-refractivity contribution in [3.05, 3.63) is 70.8 Å². The number of rotatable bonds is 4. The van der Waals surface area contributed by atoms with Crippen LogP contribution >= 0.6 is 0 Å². The maximum atomic E-state index is 12.2. The van der Waals surface area contributed by atoms with Crippen molar-refractivity contribution in [2.75, 3.05) is 7.11 Å². The molecule has 0 saturated carbocycles. The average Bonchev–Trinajstić information content (AvgIpc) is 2.45. The van der Waals surface area contributed by atoms with Crippen molar-refractivity contribution in [3.63, 3.8) is 0 Å². The molecule has 0 N–H and O–H groups in total. The number of ether oxygens (including phenoxy) is 1. The van der Waals surface area contributed by atoms with Gasteiger partial charge < -0.3 is 4.74 Å². The molecule has 0 amide bonds. The van der Waals surface area contributed by atoms with Crippen molar-refractivity contribution in [1.82, 2.24) is 0 Å². The molecule has 2 heteroatoms. The normalized spacial score (nSPS) is 10.8. The van der Waals surface area contributed by atoms with Crippen LogP contribution in [0.25, 0.3) is 6.08 Å². The summed E-state index contributed by atoms with van der Waals surface area (Å²) in [7, 11) is 1.63. The Balaban J connectivity index is 2.20. The van der Waals surface area contributed by atoms with Crippen LogP contribution in [0.2, 0.25) is 0 Å². The van der Waals surface area contributed by atoms with Gasteiger partial charge in [0.1, 0.15) is 5.75 Å². The number of benzene rings is 2. The van der Waals surface area contributed by atoms with E-state index in [1.165, 1.54) is 0 Å². The lowest BCUT2D eigenvalue weighted by Crippen LogP contribution is -1.98. The highest BCUT2D eigenvalue weighted by Gasteiger charge is 2.05. The second-order valence-electron chi connectivity index (χ2n) is 4.79. The molecule has 2 aromatic rings. The topological polar surface area (TPSA) is 26.3 Å². The number of methoxy groups -OCH3 is 1. The van der Waals surface area contributed by atoms with E-state index in [1.54, 1.807) is 13.2 Å². The molecule has 0 aliphatic carbocycles. The molecule has 2 nitrogen and oxygen atoms in total. The molecule has 0 aromatic heterocycles. The maximum Gasteiger partial charge on any atom is 0.186 e. The van der Waals surface area contributed by atoms with Crippen molar-refractivity contribution in [2.45, 2.75) is 13.8 Å². The first-order chi connectivity index (χ1) is 9.60. The van der Waals surface area contributed by atoms with Crippen molar-refractivity contribution >= 4 is 11.9 Å². The summed E-state index contributed by atoms with van der Waals surface area (Å²) in [6.07, 6.45) is 3.41. The minimum atomic E-state index is 0.0188. The van der Waals surface area contributed by atoms with E-state index in [1.807, 2.05) is 62.4 Å². The summed E-state index contributed by atoms with van der Waals surface area (Å²) in [6.45, 7) is 3.98. The van der Waals surface area contributed by atoms with Crippen molar-refractivity contribution in [1.29, 1.82) is 0 Å². The van der Waals surface area contributed by atoms with Crippen LogP contribution in [0.1, 0.15) is 27.0 Å². The molecule has 2 rings (SSSR count). The molecule has 0 spiro atoms. The molecule has 0 heterocycles. The second-order valence-corrected chi connectivity index (χ2v) is 4.79. The number of hydrogen-bond acceptors (Lipinski definition) is 2. The number of carbonyl (C=O) groups excluding carboxylic acids is 1. The van der Waals surface area contributed by atoms with Gasteiger partial charge in [0, 0.05) is 5.56 Å². The molecule has 102 valence electrons. The first-order valence-corrected chi connectivity index (χ1v) is 6.54. The molecular formula is C18H18O2. The predicted molar refractivity (Wildman–Crippen MR) is 82.3 cm³/mol. The molecule has 20 heavy (non-hydrogen) atoms. The minimum Gasteiger partial charge on any atom is -0.497 e. The van der Waals surface area contributed by atoms with Crippen LogP contribution in [0.4, 0.5) is 0 Å². The summed E-state index contributed by atoms with van der Waals surface area (Å²) in [4.78, 5) is 12.2. The van der Waals surface area contributed by atoms with Crippen LogP contribution < -0.4 is 4.74 Å². The van der Waals surface area contributed by atoms with Crippen LogP contribution in [-0.2, 0) is 0 Å². The summed E-state index contributed by atoms with van der Waals surface area (Å²) in [5.41, 5.74) is 3.86. The fraction of sp³-hybridized carbons (Fsp3) is 0.167. The molecular weight excluding hydrogens is 248 g/mol. The molecule has 0 unspecified atom stereocenters. The quantitative estimate of drug-likeness (QED) is 0.612. The van der Waals surface area contributed by atoms with E-state index in [4.69, 9.17) is 4.74 Å². The largest absolute Gasteiger partial charge is 0.497 e. The third kappa shape index (κ3) is 3.35. The summed E-state index contributed by atoms with van der Waals surface area (Å²) in [5.74, 6) is 0.802. The summed E-state index contributed by atoms with van der Waals surface area (Å²) in [5, 5.41) is 0. The fourth-order valence-electron chi connectivity index (χ4n) is 2.10. The van der Waals surface area contributed by atoms with Gasteiger partial charge >= 0.3 is 0 Å². The number of ketones is 1. The van der Waals surface area contributed by atoms with E-state index in [2.05, 4.69) is 0 Å². The summed E-state index contributed by atoms with van der Waals surface area (Å²) in [6, 6.07) is 13.5. The minimum absolute atomic E-state index is 0.0188. The first-order valence-electron chi connectivity index (χ1n) is 6.54. The molecule has 0 aliphatic rings. The number of aryl methyl sites for hydroxylation is 2. The molecule has 0 bridgehead atoms. The Labute approximate surface area is 119 Å². The van der Waals surface area contributed by atoms with Gasteiger partial charge in [-0.1, -0.05) is 42.0 Å². The Bertz CT molecular complexity index is 654. The van der Waals surface area contributed by atoms with Crippen molar-refractivity contribution in [3.8, 4) is 5.75 Å². The number of carbonyl (C=O) groups is 1. The molecule has 2 aromatic carbocycles. The van der Waals surface area contributed by atoms with Gasteiger partial charge in [0.15, 0.2) is 5.78 Å². The molecule has 0 aliphatic heterocycles. The van der Waals surface area contributed by atoms with Gasteiger partial charge in [0.25, 0.3) is 0 Å². The third-order valence-corrected chi connectivity index (χ3v) is 3.17. The van der Waals surface area contributed by atoms with Crippen molar-refractivity contribution < 1.29 is 9.53 Å². The summed E-state index contributed by atoms with van der Waals surface area (Å²) >= 11 is 0. The average molecular weight is 266 g/mol. The maximum absolute atomic E-state index is 12.2. The van der Waals surface area contributed by atoms with E-state index >= 15 is 0 Å². The van der Waals surface area contributed by atoms with E-state index in [0.717, 1.165) is 28.0 Å². The van der Waals surface area contributed by atoms with Crippen LogP contribution in [0.3, 0.4) is 0 Å². The lowest BCUT2D eigenvalue weighted by Gasteiger charge is -2.03. The van der Waals surface area contributed by atoms with Gasteiger partial charge in [0.2, 0.25) is 0 Å². The van der Waals surface area contributed by atoms with Gasteiger partial charge in [-0.15, -0.1) is 0 Å². The molecule has 0 atom stereocenters. The lowest BCUT2D eigenvalue weighted by atomic mass is 10.0. The Kier molecular flexibility index (Phi) is 4.36. The highest BCUT2D eigenvalue weighted by Crippen LogP contribution is 2.15. The summed E-state index contributed by atoms with van der Waals surface area (Å²) < 4.78 is 5.16. The molecule has 0 radical (unpaired) electrons. The van der Waals surface area contributed by atoms with Gasteiger partial charge in [-0.25, -0.2) is 0 Å². The Morgan fingerprint density at radius 3 is 2.60 bits per heavy atom. The second kappa shape index (κ2) is 6.20. The van der Waals surface area contributed by atoms with Crippen LogP contribution in [0.5, 0.6) is 5.75 Å². The highest BCUT2D eigenvalue weighted by atomic mass is 16.5. The Morgan fingerprint density at radius 2 is 1.90 bits per heavy atom. The molecule has 0 fully saturated rings. The monoisotopic (exact) mass is 266 g/mol. The third-order valence-electron chi connectivity index (χ3n) is 3.17. The zero-order valence-electron chi connectivity index (χ0n) is 12.0. The Hall–Kier alpha value is -2.35. The van der Waals surface area contributed by atoms with E-state index < -0.39 is 0 Å². The predicted octanol–water partition coefficient (Wildman–Crippen LogP) is 4.21. The zero-order valence-corrected chi connectivity index (χ0v) is 12.0. The fourth-order valence-corrected chi connectivity index (χ4v) is 2.10. The van der Waals surface area contributed by atoms with Crippen LogP contribution in [-0.4, -0.2) is 12.9 Å².